The third-order valence-electron chi connectivity index (χ3n) is 3.07. The monoisotopic (exact) mass is 368 g/mol. The Balaban J connectivity index is 1.90. The zero-order valence-corrected chi connectivity index (χ0v) is 14.9. The van der Waals surface area contributed by atoms with E-state index in [0.29, 0.717) is 28.3 Å². The molecule has 0 aliphatic carbocycles. The van der Waals surface area contributed by atoms with Gasteiger partial charge >= 0.3 is 0 Å². The molecule has 0 amide bonds. The lowest BCUT2D eigenvalue weighted by Gasteiger charge is -2.17. The molecule has 0 saturated carbocycles. The number of nitrogens with zero attached hydrogens (tertiary/aromatic N) is 2. The molecule has 24 heavy (non-hydrogen) atoms. The first-order valence-electron chi connectivity index (χ1n) is 7.16. The quantitative estimate of drug-likeness (QED) is 0.594. The molecule has 8 heteroatoms. The van der Waals surface area contributed by atoms with Gasteiger partial charge in [0.1, 0.15) is 5.82 Å². The number of rotatable bonds is 6. The Hall–Kier alpha value is -1.93. The number of benzene rings is 1. The van der Waals surface area contributed by atoms with Crippen molar-refractivity contribution >= 4 is 40.6 Å². The van der Waals surface area contributed by atoms with Crippen molar-refractivity contribution in [2.75, 3.05) is 24.3 Å². The molecule has 128 valence electrons. The lowest BCUT2D eigenvalue weighted by molar-refractivity contribution is 0.252. The van der Waals surface area contributed by atoms with Crippen LogP contribution in [-0.2, 0) is 6.54 Å². The highest BCUT2D eigenvalue weighted by Gasteiger charge is 2.07. The van der Waals surface area contributed by atoms with Crippen LogP contribution in [0.25, 0.3) is 0 Å². The third kappa shape index (κ3) is 5.61. The Bertz CT molecular complexity index is 678. The molecule has 0 aliphatic rings. The van der Waals surface area contributed by atoms with Crippen molar-refractivity contribution < 1.29 is 8.78 Å². The molecule has 1 aromatic carbocycles. The number of thiocarbonyl (C=S) groups is 1. The average molecular weight is 368 g/mol. The van der Waals surface area contributed by atoms with E-state index in [2.05, 4.69) is 15.6 Å². The molecule has 2 rings (SSSR count). The van der Waals surface area contributed by atoms with Crippen LogP contribution in [0.2, 0.25) is 0 Å². The second-order valence-corrected chi connectivity index (χ2v) is 6.56. The maximum absolute atomic E-state index is 12.3. The predicted molar refractivity (Wildman–Crippen MR) is 99.9 cm³/mol. The van der Waals surface area contributed by atoms with Gasteiger partial charge in [0.2, 0.25) is 0 Å². The summed E-state index contributed by atoms with van der Waals surface area (Å²) in [6.45, 7) is 0.534. The van der Waals surface area contributed by atoms with Gasteiger partial charge in [-0.15, -0.1) is 0 Å². The molecule has 1 heterocycles. The minimum absolute atomic E-state index is 0.456. The highest BCUT2D eigenvalue weighted by atomic mass is 32.2. The SMILES string of the molecule is CN(C)c1ncccc1CNC(=S)Nc1ccc(SC(F)F)cc1. The van der Waals surface area contributed by atoms with E-state index in [4.69, 9.17) is 12.2 Å². The van der Waals surface area contributed by atoms with Crippen LogP contribution in [0.5, 0.6) is 0 Å². The molecule has 0 fully saturated rings. The van der Waals surface area contributed by atoms with Gasteiger partial charge in [0, 0.05) is 43.0 Å². The number of thioether (sulfide) groups is 1. The molecular formula is C16H18F2N4S2. The molecule has 2 aromatic rings. The Kier molecular flexibility index (Phi) is 6.74. The zero-order chi connectivity index (χ0) is 17.5. The number of aromatic nitrogens is 1. The van der Waals surface area contributed by atoms with Gasteiger partial charge in [-0.1, -0.05) is 17.8 Å². The number of hydrogen-bond acceptors (Lipinski definition) is 4. The first-order chi connectivity index (χ1) is 11.5. The Labute approximate surface area is 149 Å². The van der Waals surface area contributed by atoms with Crippen molar-refractivity contribution in [1.82, 2.24) is 10.3 Å². The molecule has 4 nitrogen and oxygen atoms in total. The van der Waals surface area contributed by atoms with E-state index in [1.807, 2.05) is 31.1 Å². The average Bonchev–Trinajstić information content (AvgIpc) is 2.54. The van der Waals surface area contributed by atoms with Crippen LogP contribution in [-0.4, -0.2) is 29.9 Å². The van der Waals surface area contributed by atoms with Gasteiger partial charge in [0.05, 0.1) is 0 Å². The molecule has 0 bridgehead atoms. The number of pyridine rings is 1. The van der Waals surface area contributed by atoms with E-state index >= 15 is 0 Å². The number of nitrogens with one attached hydrogen (secondary N) is 2. The molecule has 0 spiro atoms. The maximum atomic E-state index is 12.3. The largest absolute Gasteiger partial charge is 0.362 e. The van der Waals surface area contributed by atoms with Crippen LogP contribution in [0.4, 0.5) is 20.3 Å². The molecule has 0 atom stereocenters. The lowest BCUT2D eigenvalue weighted by Crippen LogP contribution is -2.28. The van der Waals surface area contributed by atoms with Gasteiger partial charge in [0.15, 0.2) is 5.11 Å². The van der Waals surface area contributed by atoms with Crippen LogP contribution in [0, 0.1) is 0 Å². The fraction of sp³-hybridized carbons (Fsp3) is 0.250. The van der Waals surface area contributed by atoms with Gasteiger partial charge < -0.3 is 15.5 Å². The summed E-state index contributed by atoms with van der Waals surface area (Å²) in [5, 5.41) is 6.61. The Morgan fingerprint density at radius 3 is 2.58 bits per heavy atom. The van der Waals surface area contributed by atoms with Gasteiger partial charge in [-0.05, 0) is 42.5 Å². The highest BCUT2D eigenvalue weighted by Crippen LogP contribution is 2.26. The van der Waals surface area contributed by atoms with E-state index in [9.17, 15) is 8.78 Å². The summed E-state index contributed by atoms with van der Waals surface area (Å²) in [6, 6.07) is 10.6. The predicted octanol–water partition coefficient (Wildman–Crippen LogP) is 3.95. The Morgan fingerprint density at radius 1 is 1.25 bits per heavy atom. The van der Waals surface area contributed by atoms with Crippen molar-refractivity contribution in [3.8, 4) is 0 Å². The topological polar surface area (TPSA) is 40.2 Å². The third-order valence-corrected chi connectivity index (χ3v) is 4.04. The molecule has 1 aromatic heterocycles. The van der Waals surface area contributed by atoms with Crippen molar-refractivity contribution in [2.45, 2.75) is 17.2 Å². The van der Waals surface area contributed by atoms with E-state index in [0.717, 1.165) is 17.1 Å². The van der Waals surface area contributed by atoms with Crippen LogP contribution in [0.1, 0.15) is 5.56 Å². The van der Waals surface area contributed by atoms with E-state index < -0.39 is 5.76 Å². The van der Waals surface area contributed by atoms with Gasteiger partial charge in [0.25, 0.3) is 5.76 Å². The number of hydrogen-bond donors (Lipinski definition) is 2. The molecular weight excluding hydrogens is 350 g/mol. The first kappa shape index (κ1) is 18.4. The fourth-order valence-electron chi connectivity index (χ4n) is 2.04. The summed E-state index contributed by atoms with van der Waals surface area (Å²) in [5.74, 6) is -1.54. The second kappa shape index (κ2) is 8.79. The number of halogens is 2. The normalized spacial score (nSPS) is 10.5. The molecule has 0 saturated heterocycles. The van der Waals surface area contributed by atoms with Crippen LogP contribution in [0.15, 0.2) is 47.5 Å². The fourth-order valence-corrected chi connectivity index (χ4v) is 2.73. The lowest BCUT2D eigenvalue weighted by atomic mass is 10.2. The summed E-state index contributed by atoms with van der Waals surface area (Å²) in [5.41, 5.74) is 1.76. The second-order valence-electron chi connectivity index (χ2n) is 5.09. The van der Waals surface area contributed by atoms with E-state index in [-0.39, 0.29) is 0 Å². The molecule has 0 unspecified atom stereocenters. The van der Waals surface area contributed by atoms with Gasteiger partial charge in [-0.25, -0.2) is 4.98 Å². The highest BCUT2D eigenvalue weighted by molar-refractivity contribution is 7.99. The zero-order valence-electron chi connectivity index (χ0n) is 13.3. The van der Waals surface area contributed by atoms with Crippen molar-refractivity contribution in [2.24, 2.45) is 0 Å². The first-order valence-corrected chi connectivity index (χ1v) is 8.45. The smallest absolute Gasteiger partial charge is 0.288 e. The van der Waals surface area contributed by atoms with Crippen LogP contribution in [0.3, 0.4) is 0 Å². The summed E-state index contributed by atoms with van der Waals surface area (Å²) in [6.07, 6.45) is 1.74. The molecule has 0 aliphatic heterocycles. The number of anilines is 2. The minimum Gasteiger partial charge on any atom is -0.362 e. The van der Waals surface area contributed by atoms with Crippen LogP contribution < -0.4 is 15.5 Å². The summed E-state index contributed by atoms with van der Waals surface area (Å²) >= 11 is 5.78. The summed E-state index contributed by atoms with van der Waals surface area (Å²) in [4.78, 5) is 6.78. The maximum Gasteiger partial charge on any atom is 0.288 e. The van der Waals surface area contributed by atoms with Gasteiger partial charge in [-0.3, -0.25) is 0 Å². The minimum atomic E-state index is -2.42. The van der Waals surface area contributed by atoms with E-state index in [1.165, 1.54) is 0 Å². The Morgan fingerprint density at radius 2 is 1.96 bits per heavy atom. The summed E-state index contributed by atoms with van der Waals surface area (Å²) in [7, 11) is 3.86. The van der Waals surface area contributed by atoms with E-state index in [1.54, 1.807) is 30.5 Å². The van der Waals surface area contributed by atoms with Crippen molar-refractivity contribution in [3.63, 3.8) is 0 Å². The molecule has 2 N–H and O–H groups in total. The van der Waals surface area contributed by atoms with Crippen LogP contribution >= 0.6 is 24.0 Å². The number of alkyl halides is 2. The standard InChI is InChI=1S/C16H18F2N4S2/c1-22(2)14-11(4-3-9-19-14)10-20-16(23)21-12-5-7-13(8-6-12)24-15(17)18/h3-9,15H,10H2,1-2H3,(H2,20,21,23). The van der Waals surface area contributed by atoms with Gasteiger partial charge in [-0.2, -0.15) is 8.78 Å². The molecule has 0 radical (unpaired) electrons. The summed E-state index contributed by atoms with van der Waals surface area (Å²) < 4.78 is 24.6. The van der Waals surface area contributed by atoms with Crippen molar-refractivity contribution in [3.05, 3.63) is 48.2 Å². The van der Waals surface area contributed by atoms with Crippen molar-refractivity contribution in [1.29, 1.82) is 0 Å².